The number of hydrogen-bond donors (Lipinski definition) is 1. The highest BCUT2D eigenvalue weighted by Gasteiger charge is 2.39. The summed E-state index contributed by atoms with van der Waals surface area (Å²) in [7, 11) is 3.31. The summed E-state index contributed by atoms with van der Waals surface area (Å²) in [5.41, 5.74) is 2.84. The van der Waals surface area contributed by atoms with Crippen molar-refractivity contribution in [3.63, 3.8) is 0 Å². The van der Waals surface area contributed by atoms with Gasteiger partial charge in [-0.25, -0.2) is 0 Å². The van der Waals surface area contributed by atoms with Crippen molar-refractivity contribution in [2.24, 2.45) is 0 Å². The highest BCUT2D eigenvalue weighted by molar-refractivity contribution is 8.06. The molecular formula is C24H24Cl2N2O4S. The van der Waals surface area contributed by atoms with Gasteiger partial charge in [0.1, 0.15) is 23.1 Å². The van der Waals surface area contributed by atoms with Gasteiger partial charge >= 0.3 is 5.97 Å². The van der Waals surface area contributed by atoms with Gasteiger partial charge in [0, 0.05) is 23.2 Å². The first kappa shape index (κ1) is 23.8. The topological polar surface area (TPSA) is 67.9 Å². The van der Waals surface area contributed by atoms with E-state index in [1.54, 1.807) is 37.3 Å². The first-order valence-corrected chi connectivity index (χ1v) is 12.0. The second-order valence-electron chi connectivity index (χ2n) is 8.40. The quantitative estimate of drug-likeness (QED) is 0.515. The van der Waals surface area contributed by atoms with Gasteiger partial charge in [-0.3, -0.25) is 9.59 Å². The number of rotatable bonds is 5. The Kier molecular flexibility index (Phi) is 6.58. The molecule has 4 rings (SSSR count). The van der Waals surface area contributed by atoms with Gasteiger partial charge in [-0.15, -0.1) is 0 Å². The Balaban J connectivity index is 1.80. The minimum Gasteiger partial charge on any atom is -0.496 e. The summed E-state index contributed by atoms with van der Waals surface area (Å²) in [6, 6.07) is 9.16. The Morgan fingerprint density at radius 2 is 2.00 bits per heavy atom. The second-order valence-corrected chi connectivity index (χ2v) is 10.7. The molecule has 1 amide bonds. The molecule has 2 aliphatic rings. The zero-order valence-corrected chi connectivity index (χ0v) is 21.0. The normalized spacial score (nSPS) is 19.0. The highest BCUT2D eigenvalue weighted by atomic mass is 35.5. The summed E-state index contributed by atoms with van der Waals surface area (Å²) in [4.78, 5) is 27.4. The van der Waals surface area contributed by atoms with Crippen molar-refractivity contribution < 1.29 is 19.1 Å². The number of fused-ring (bicyclic) bond motifs is 1. The average molecular weight is 507 g/mol. The molecule has 0 spiro atoms. The van der Waals surface area contributed by atoms with Gasteiger partial charge in [0.15, 0.2) is 0 Å². The Labute approximate surface area is 207 Å². The van der Waals surface area contributed by atoms with Crippen molar-refractivity contribution in [3.05, 3.63) is 51.4 Å². The number of likely N-dealkylation sites (N-methyl/N-ethyl adjacent to an activating group) is 1. The summed E-state index contributed by atoms with van der Waals surface area (Å²) in [5, 5.41) is 3.47. The van der Waals surface area contributed by atoms with Crippen LogP contribution in [0.15, 0.2) is 40.8 Å². The van der Waals surface area contributed by atoms with Crippen LogP contribution in [0.1, 0.15) is 25.8 Å². The van der Waals surface area contributed by atoms with Crippen LogP contribution in [-0.4, -0.2) is 36.8 Å². The van der Waals surface area contributed by atoms with Gasteiger partial charge in [0.25, 0.3) is 5.91 Å². The molecule has 1 unspecified atom stereocenters. The number of halogens is 2. The highest BCUT2D eigenvalue weighted by Crippen LogP contribution is 2.45. The van der Waals surface area contributed by atoms with Crippen molar-refractivity contribution in [1.82, 2.24) is 0 Å². The minimum atomic E-state index is -0.770. The molecule has 2 aliphatic heterocycles. The van der Waals surface area contributed by atoms with Crippen LogP contribution in [0.5, 0.6) is 5.75 Å². The van der Waals surface area contributed by atoms with Gasteiger partial charge in [0.05, 0.1) is 22.8 Å². The van der Waals surface area contributed by atoms with Gasteiger partial charge < -0.3 is 19.7 Å². The lowest BCUT2D eigenvalue weighted by Crippen LogP contribution is -2.52. The lowest BCUT2D eigenvalue weighted by molar-refractivity contribution is -0.144. The van der Waals surface area contributed by atoms with Crippen LogP contribution in [0.3, 0.4) is 0 Å². The van der Waals surface area contributed by atoms with Crippen LogP contribution in [0, 0.1) is 0 Å². The summed E-state index contributed by atoms with van der Waals surface area (Å²) < 4.78 is 11.9. The third kappa shape index (κ3) is 4.54. The van der Waals surface area contributed by atoms with Gasteiger partial charge in [0.2, 0.25) is 0 Å². The monoisotopic (exact) mass is 506 g/mol. The third-order valence-corrected chi connectivity index (χ3v) is 7.44. The predicted octanol–water partition coefficient (Wildman–Crippen LogP) is 5.81. The fraction of sp³-hybridized carbons (Fsp3) is 0.333. The van der Waals surface area contributed by atoms with Crippen LogP contribution < -0.4 is 15.0 Å². The van der Waals surface area contributed by atoms with Crippen LogP contribution in [-0.2, 0) is 20.9 Å². The van der Waals surface area contributed by atoms with Crippen LogP contribution in [0.25, 0.3) is 11.1 Å². The molecule has 9 heteroatoms. The van der Waals surface area contributed by atoms with Crippen molar-refractivity contribution in [3.8, 4) is 16.9 Å². The fourth-order valence-corrected chi connectivity index (χ4v) is 5.54. The van der Waals surface area contributed by atoms with Crippen LogP contribution in [0.4, 0.5) is 11.4 Å². The number of nitrogens with zero attached hydrogens (tertiary/aromatic N) is 1. The molecule has 2 heterocycles. The Morgan fingerprint density at radius 1 is 1.24 bits per heavy atom. The molecule has 174 valence electrons. The molecule has 0 aliphatic carbocycles. The van der Waals surface area contributed by atoms with E-state index >= 15 is 0 Å². The molecule has 2 aromatic carbocycles. The zero-order chi connectivity index (χ0) is 23.9. The smallest absolute Gasteiger partial charge is 0.320 e. The van der Waals surface area contributed by atoms with E-state index in [2.05, 4.69) is 5.32 Å². The molecule has 0 radical (unpaired) electrons. The maximum absolute atomic E-state index is 13.1. The standard InChI is InChI=1S/C24H24Cl2N2O4S/c1-24(2)23(30)28(3)21-16(12-32-22(29)19-9-10-20(26)33-19)14(6-7-17(21)27-24)15-11-13(25)5-8-18(15)31-4/h5-8,10-11,19,27H,9,12H2,1-4H3. The number of ether oxygens (including phenoxy) is 2. The number of carbonyl (C=O) groups excluding carboxylic acids is 2. The number of allylic oxidation sites excluding steroid dienone is 1. The SMILES string of the molecule is COc1ccc(Cl)cc1-c1ccc2c(c1COC(=O)C1CC=C(Cl)S1)N(C)C(=O)C(C)(C)N2. The molecule has 6 nitrogen and oxygen atoms in total. The van der Waals surface area contributed by atoms with Crippen LogP contribution in [0.2, 0.25) is 5.02 Å². The predicted molar refractivity (Wildman–Crippen MR) is 134 cm³/mol. The maximum atomic E-state index is 13.1. The molecule has 1 atom stereocenters. The van der Waals surface area contributed by atoms with E-state index < -0.39 is 5.54 Å². The van der Waals surface area contributed by atoms with E-state index in [0.29, 0.717) is 32.8 Å². The minimum absolute atomic E-state index is 0.0264. The van der Waals surface area contributed by atoms with E-state index in [0.717, 1.165) is 16.8 Å². The molecular weight excluding hydrogens is 483 g/mol. The number of esters is 1. The summed E-state index contributed by atoms with van der Waals surface area (Å²) >= 11 is 13.6. The van der Waals surface area contributed by atoms with Crippen molar-refractivity contribution >= 4 is 58.2 Å². The van der Waals surface area contributed by atoms with Gasteiger partial charge in [-0.2, -0.15) is 0 Å². The maximum Gasteiger partial charge on any atom is 0.320 e. The van der Waals surface area contributed by atoms with Crippen molar-refractivity contribution in [1.29, 1.82) is 0 Å². The summed E-state index contributed by atoms with van der Waals surface area (Å²) in [6.45, 7) is 3.63. The number of carbonyl (C=O) groups is 2. The van der Waals surface area contributed by atoms with E-state index in [1.165, 1.54) is 11.8 Å². The van der Waals surface area contributed by atoms with E-state index in [1.807, 2.05) is 32.1 Å². The molecule has 0 saturated carbocycles. The summed E-state index contributed by atoms with van der Waals surface area (Å²) in [5.74, 6) is 0.166. The fourth-order valence-electron chi connectivity index (χ4n) is 4.13. The van der Waals surface area contributed by atoms with E-state index in [9.17, 15) is 9.59 Å². The van der Waals surface area contributed by atoms with Gasteiger partial charge in [-0.05, 0) is 50.1 Å². The molecule has 2 aromatic rings. The van der Waals surface area contributed by atoms with Crippen molar-refractivity contribution in [2.45, 2.75) is 37.7 Å². The first-order chi connectivity index (χ1) is 15.6. The van der Waals surface area contributed by atoms with Crippen LogP contribution >= 0.6 is 35.0 Å². The number of amides is 1. The molecule has 0 aromatic heterocycles. The number of benzene rings is 2. The van der Waals surface area contributed by atoms with E-state index in [4.69, 9.17) is 32.7 Å². The Bertz CT molecular complexity index is 1170. The average Bonchev–Trinajstić information content (AvgIpc) is 3.21. The largest absolute Gasteiger partial charge is 0.496 e. The molecule has 0 saturated heterocycles. The third-order valence-electron chi connectivity index (χ3n) is 5.73. The molecule has 1 N–H and O–H groups in total. The number of anilines is 2. The van der Waals surface area contributed by atoms with Gasteiger partial charge in [-0.1, -0.05) is 47.1 Å². The number of nitrogens with one attached hydrogen (secondary N) is 1. The van der Waals surface area contributed by atoms with E-state index in [-0.39, 0.29) is 23.7 Å². The number of thioether (sulfide) groups is 1. The Hall–Kier alpha value is -2.35. The second kappa shape index (κ2) is 9.12. The Morgan fingerprint density at radius 3 is 2.67 bits per heavy atom. The summed E-state index contributed by atoms with van der Waals surface area (Å²) in [6.07, 6.45) is 2.33. The molecule has 0 bridgehead atoms. The van der Waals surface area contributed by atoms with Crippen molar-refractivity contribution in [2.75, 3.05) is 24.4 Å². The lowest BCUT2D eigenvalue weighted by atomic mass is 9.92. The number of methoxy groups -OCH3 is 1. The lowest BCUT2D eigenvalue weighted by Gasteiger charge is -2.39. The number of hydrogen-bond acceptors (Lipinski definition) is 6. The first-order valence-electron chi connectivity index (χ1n) is 10.4. The zero-order valence-electron chi connectivity index (χ0n) is 18.7. The molecule has 0 fully saturated rings. The molecule has 33 heavy (non-hydrogen) atoms.